The van der Waals surface area contributed by atoms with Gasteiger partial charge in [0, 0.05) is 24.3 Å². The fourth-order valence-corrected chi connectivity index (χ4v) is 3.21. The Kier molecular flexibility index (Phi) is 5.99. The van der Waals surface area contributed by atoms with Crippen molar-refractivity contribution >= 4 is 27.3 Å². The zero-order valence-electron chi connectivity index (χ0n) is 12.3. The second-order valence-corrected chi connectivity index (χ2v) is 6.39. The molecule has 1 saturated heterocycles. The molecule has 6 heteroatoms. The minimum absolute atomic E-state index is 0.112. The van der Waals surface area contributed by atoms with Crippen molar-refractivity contribution in [3.8, 4) is 0 Å². The van der Waals surface area contributed by atoms with E-state index in [0.717, 1.165) is 38.2 Å². The van der Waals surface area contributed by atoms with Crippen LogP contribution in [0.15, 0.2) is 22.7 Å². The van der Waals surface area contributed by atoms with Crippen molar-refractivity contribution in [1.29, 1.82) is 0 Å². The lowest BCUT2D eigenvalue weighted by atomic mass is 10.1. The molecule has 1 aromatic carbocycles. The smallest absolute Gasteiger partial charge is 0.285 e. The second kappa shape index (κ2) is 7.75. The van der Waals surface area contributed by atoms with Gasteiger partial charge in [0.15, 0.2) is 0 Å². The highest BCUT2D eigenvalue weighted by molar-refractivity contribution is 9.10. The lowest BCUT2D eigenvalue weighted by Crippen LogP contribution is -2.27. The van der Waals surface area contributed by atoms with Crippen LogP contribution in [-0.2, 0) is 0 Å². The number of anilines is 1. The fraction of sp³-hybridized carbons (Fsp3) is 0.600. The van der Waals surface area contributed by atoms with E-state index < -0.39 is 0 Å². The Labute approximate surface area is 134 Å². The number of hydrogen-bond acceptors (Lipinski definition) is 4. The van der Waals surface area contributed by atoms with Gasteiger partial charge >= 0.3 is 0 Å². The van der Waals surface area contributed by atoms with E-state index in [1.165, 1.54) is 12.8 Å². The molecule has 21 heavy (non-hydrogen) atoms. The molecule has 1 heterocycles. The van der Waals surface area contributed by atoms with Gasteiger partial charge in [0.2, 0.25) is 0 Å². The van der Waals surface area contributed by atoms with E-state index in [1.807, 2.05) is 6.07 Å². The average molecular weight is 356 g/mol. The number of halogens is 1. The zero-order valence-corrected chi connectivity index (χ0v) is 13.9. The Balaban J connectivity index is 1.98. The third-order valence-corrected chi connectivity index (χ3v) is 4.54. The molecule has 0 bridgehead atoms. The number of nitrogens with one attached hydrogen (secondary N) is 1. The molecule has 1 aliphatic rings. The summed E-state index contributed by atoms with van der Waals surface area (Å²) in [5.74, 6) is 0. The Morgan fingerprint density at radius 1 is 1.43 bits per heavy atom. The van der Waals surface area contributed by atoms with Crippen LogP contribution in [0.25, 0.3) is 0 Å². The highest BCUT2D eigenvalue weighted by atomic mass is 79.9. The van der Waals surface area contributed by atoms with Crippen molar-refractivity contribution in [3.63, 3.8) is 0 Å². The number of likely N-dealkylation sites (tertiary alicyclic amines) is 1. The summed E-state index contributed by atoms with van der Waals surface area (Å²) in [6.07, 6.45) is 4.57. The molecule has 1 unspecified atom stereocenters. The van der Waals surface area contributed by atoms with Gasteiger partial charge in [0.25, 0.3) is 5.69 Å². The highest BCUT2D eigenvalue weighted by Gasteiger charge is 2.18. The first-order valence-corrected chi connectivity index (χ1v) is 8.32. The van der Waals surface area contributed by atoms with Crippen molar-refractivity contribution in [3.05, 3.63) is 32.8 Å². The van der Waals surface area contributed by atoms with Gasteiger partial charge in [-0.2, -0.15) is 0 Å². The Hall–Kier alpha value is -1.14. The van der Waals surface area contributed by atoms with Crippen LogP contribution in [0.2, 0.25) is 0 Å². The first-order valence-electron chi connectivity index (χ1n) is 7.53. The van der Waals surface area contributed by atoms with E-state index in [-0.39, 0.29) is 10.6 Å². The second-order valence-electron chi connectivity index (χ2n) is 5.54. The first kappa shape index (κ1) is 16.2. The van der Waals surface area contributed by atoms with Gasteiger partial charge in [0.1, 0.15) is 0 Å². The van der Waals surface area contributed by atoms with Gasteiger partial charge in [-0.05, 0) is 66.8 Å². The largest absolute Gasteiger partial charge is 0.382 e. The van der Waals surface area contributed by atoms with E-state index in [2.05, 4.69) is 33.1 Å². The van der Waals surface area contributed by atoms with Crippen molar-refractivity contribution in [2.75, 3.05) is 25.0 Å². The summed E-state index contributed by atoms with van der Waals surface area (Å²) < 4.78 is 0.521. The van der Waals surface area contributed by atoms with Crippen LogP contribution >= 0.6 is 15.9 Å². The highest BCUT2D eigenvalue weighted by Crippen LogP contribution is 2.28. The molecule has 2 rings (SSSR count). The molecule has 1 aromatic rings. The van der Waals surface area contributed by atoms with Crippen LogP contribution < -0.4 is 5.32 Å². The SMILES string of the molecule is CCCN1CCCC(Nc2ccc(Br)c([N+](=O)[O-])c2)CC1. The molecule has 0 saturated carbocycles. The maximum absolute atomic E-state index is 11.0. The predicted molar refractivity (Wildman–Crippen MR) is 88.8 cm³/mol. The van der Waals surface area contributed by atoms with Crippen molar-refractivity contribution < 1.29 is 4.92 Å². The van der Waals surface area contributed by atoms with Crippen LogP contribution in [0.1, 0.15) is 32.6 Å². The van der Waals surface area contributed by atoms with E-state index in [0.29, 0.717) is 10.5 Å². The quantitative estimate of drug-likeness (QED) is 0.639. The van der Waals surface area contributed by atoms with Crippen molar-refractivity contribution in [2.45, 2.75) is 38.6 Å². The molecule has 1 atom stereocenters. The maximum Gasteiger partial charge on any atom is 0.285 e. The minimum Gasteiger partial charge on any atom is -0.382 e. The molecule has 0 aromatic heterocycles. The number of nitrogens with zero attached hydrogens (tertiary/aromatic N) is 2. The lowest BCUT2D eigenvalue weighted by Gasteiger charge is -2.20. The summed E-state index contributed by atoms with van der Waals surface area (Å²) in [5.41, 5.74) is 0.945. The van der Waals surface area contributed by atoms with E-state index in [4.69, 9.17) is 0 Å². The Morgan fingerprint density at radius 2 is 2.24 bits per heavy atom. The number of rotatable bonds is 5. The van der Waals surface area contributed by atoms with Gasteiger partial charge in [-0.15, -0.1) is 0 Å². The molecule has 0 aliphatic carbocycles. The molecular formula is C15H22BrN3O2. The molecule has 0 radical (unpaired) electrons. The number of benzene rings is 1. The van der Waals surface area contributed by atoms with Crippen LogP contribution in [0.4, 0.5) is 11.4 Å². The standard InChI is InChI=1S/C15H22BrN3O2/c1-2-8-18-9-3-4-12(7-10-18)17-13-5-6-14(16)15(11-13)19(20)21/h5-6,11-12,17H,2-4,7-10H2,1H3. The topological polar surface area (TPSA) is 58.4 Å². The first-order chi connectivity index (χ1) is 10.1. The van der Waals surface area contributed by atoms with Crippen molar-refractivity contribution in [2.24, 2.45) is 0 Å². The van der Waals surface area contributed by atoms with E-state index >= 15 is 0 Å². The van der Waals surface area contributed by atoms with Crippen LogP contribution in [0.3, 0.4) is 0 Å². The molecule has 1 aliphatic heterocycles. The fourth-order valence-electron chi connectivity index (χ4n) is 2.82. The summed E-state index contributed by atoms with van der Waals surface area (Å²) in [6.45, 7) is 5.63. The molecule has 1 N–H and O–H groups in total. The summed E-state index contributed by atoms with van der Waals surface area (Å²) in [5, 5.41) is 14.4. The molecule has 0 spiro atoms. The Morgan fingerprint density at radius 3 is 2.95 bits per heavy atom. The van der Waals surface area contributed by atoms with Crippen LogP contribution in [0.5, 0.6) is 0 Å². The third-order valence-electron chi connectivity index (χ3n) is 3.87. The molecule has 116 valence electrons. The van der Waals surface area contributed by atoms with E-state index in [9.17, 15) is 10.1 Å². The molecule has 0 amide bonds. The number of nitro groups is 1. The van der Waals surface area contributed by atoms with E-state index in [1.54, 1.807) is 12.1 Å². The normalized spacial score (nSPS) is 20.0. The van der Waals surface area contributed by atoms with Gasteiger partial charge in [-0.3, -0.25) is 10.1 Å². The lowest BCUT2D eigenvalue weighted by molar-refractivity contribution is -0.385. The van der Waals surface area contributed by atoms with Gasteiger partial charge < -0.3 is 10.2 Å². The predicted octanol–water partition coefficient (Wildman–Crippen LogP) is 4.03. The summed E-state index contributed by atoms with van der Waals surface area (Å²) in [7, 11) is 0. The average Bonchev–Trinajstić information content (AvgIpc) is 2.67. The van der Waals surface area contributed by atoms with Crippen LogP contribution in [-0.4, -0.2) is 35.5 Å². The Bertz CT molecular complexity index is 496. The van der Waals surface area contributed by atoms with Crippen LogP contribution in [0, 0.1) is 10.1 Å². The third kappa shape index (κ3) is 4.68. The zero-order chi connectivity index (χ0) is 15.2. The molecule has 5 nitrogen and oxygen atoms in total. The minimum atomic E-state index is -0.356. The summed E-state index contributed by atoms with van der Waals surface area (Å²) >= 11 is 3.22. The number of nitro benzene ring substituents is 1. The van der Waals surface area contributed by atoms with Gasteiger partial charge in [-0.1, -0.05) is 6.92 Å². The van der Waals surface area contributed by atoms with Crippen molar-refractivity contribution in [1.82, 2.24) is 4.90 Å². The van der Waals surface area contributed by atoms with Gasteiger partial charge in [0.05, 0.1) is 9.40 Å². The molecular weight excluding hydrogens is 334 g/mol. The number of hydrogen-bond donors (Lipinski definition) is 1. The maximum atomic E-state index is 11.0. The van der Waals surface area contributed by atoms with Gasteiger partial charge in [-0.25, -0.2) is 0 Å². The molecule has 1 fully saturated rings. The summed E-state index contributed by atoms with van der Waals surface area (Å²) in [6, 6.07) is 5.64. The monoisotopic (exact) mass is 355 g/mol. The summed E-state index contributed by atoms with van der Waals surface area (Å²) in [4.78, 5) is 13.1.